The van der Waals surface area contributed by atoms with Crippen LogP contribution in [-0.2, 0) is 6.54 Å². The van der Waals surface area contributed by atoms with E-state index in [1.807, 2.05) is 46.7 Å². The Morgan fingerprint density at radius 2 is 2.04 bits per heavy atom. The fourth-order valence-electron chi connectivity index (χ4n) is 3.27. The molecule has 0 radical (unpaired) electrons. The minimum Gasteiger partial charge on any atom is -0.367 e. The first kappa shape index (κ1) is 17.0. The molecule has 0 unspecified atom stereocenters. The highest BCUT2D eigenvalue weighted by atomic mass is 32.1. The van der Waals surface area contributed by atoms with E-state index in [2.05, 4.69) is 10.6 Å². The molecule has 0 aliphatic carbocycles. The van der Waals surface area contributed by atoms with Gasteiger partial charge < -0.3 is 15.5 Å². The fourth-order valence-corrected chi connectivity index (χ4v) is 4.18. The zero-order chi connectivity index (χ0) is 17.9. The molecule has 2 aromatic carbocycles. The molecule has 0 atom stereocenters. The van der Waals surface area contributed by atoms with Crippen LogP contribution < -0.4 is 15.5 Å². The Labute approximate surface area is 155 Å². The first-order valence-corrected chi connectivity index (χ1v) is 9.59. The summed E-state index contributed by atoms with van der Waals surface area (Å²) in [6.45, 7) is 3.64. The van der Waals surface area contributed by atoms with Crippen molar-refractivity contribution in [3.8, 4) is 0 Å². The smallest absolute Gasteiger partial charge is 0.253 e. The van der Waals surface area contributed by atoms with Gasteiger partial charge in [-0.2, -0.15) is 0 Å². The number of carbonyl (C=O) groups is 1. The van der Waals surface area contributed by atoms with Gasteiger partial charge in [-0.1, -0.05) is 18.2 Å². The van der Waals surface area contributed by atoms with Gasteiger partial charge in [0.15, 0.2) is 0 Å². The molecule has 1 aliphatic heterocycles. The van der Waals surface area contributed by atoms with Gasteiger partial charge in [0.25, 0.3) is 5.91 Å². The highest BCUT2D eigenvalue weighted by Gasteiger charge is 2.15. The lowest BCUT2D eigenvalue weighted by Crippen LogP contribution is -2.43. The molecule has 1 fully saturated rings. The number of hydrogen-bond donors (Lipinski definition) is 2. The Hall–Kier alpha value is -2.44. The van der Waals surface area contributed by atoms with Crippen LogP contribution in [0.1, 0.15) is 15.9 Å². The van der Waals surface area contributed by atoms with Crippen LogP contribution >= 0.6 is 11.3 Å². The standard InChI is InChI=1S/C20H20FN3OS/c21-17-12-14(4-5-18(17)24-9-7-22-8-10-24)13-23-20(25)16-3-1-2-15-6-11-26-19(15)16/h1-6,11-12,22H,7-10,13H2,(H,23,25). The van der Waals surface area contributed by atoms with Crippen molar-refractivity contribution in [2.24, 2.45) is 0 Å². The molecule has 134 valence electrons. The summed E-state index contributed by atoms with van der Waals surface area (Å²) in [5.41, 5.74) is 2.05. The maximum atomic E-state index is 14.5. The monoisotopic (exact) mass is 369 g/mol. The van der Waals surface area contributed by atoms with E-state index < -0.39 is 0 Å². The van der Waals surface area contributed by atoms with E-state index in [1.165, 1.54) is 6.07 Å². The zero-order valence-corrected chi connectivity index (χ0v) is 15.1. The molecule has 1 saturated heterocycles. The van der Waals surface area contributed by atoms with Gasteiger partial charge >= 0.3 is 0 Å². The molecule has 26 heavy (non-hydrogen) atoms. The molecule has 2 N–H and O–H groups in total. The molecule has 1 aromatic heterocycles. The van der Waals surface area contributed by atoms with Gasteiger partial charge in [-0.15, -0.1) is 11.3 Å². The second-order valence-corrected chi connectivity index (χ2v) is 7.27. The summed E-state index contributed by atoms with van der Waals surface area (Å²) >= 11 is 1.55. The van der Waals surface area contributed by atoms with E-state index >= 15 is 0 Å². The second kappa shape index (κ2) is 7.43. The number of carbonyl (C=O) groups excluding carboxylic acids is 1. The SMILES string of the molecule is O=C(NCc1ccc(N2CCNCC2)c(F)c1)c1cccc2ccsc12. The molecule has 1 amide bonds. The number of thiophene rings is 1. The number of fused-ring (bicyclic) bond motifs is 1. The molecule has 0 spiro atoms. The summed E-state index contributed by atoms with van der Waals surface area (Å²) in [5.74, 6) is -0.372. The molecular formula is C20H20FN3OS. The topological polar surface area (TPSA) is 44.4 Å². The summed E-state index contributed by atoms with van der Waals surface area (Å²) < 4.78 is 15.5. The highest BCUT2D eigenvalue weighted by Crippen LogP contribution is 2.25. The number of nitrogens with one attached hydrogen (secondary N) is 2. The lowest BCUT2D eigenvalue weighted by molar-refractivity contribution is 0.0952. The quantitative estimate of drug-likeness (QED) is 0.741. The minimum absolute atomic E-state index is 0.135. The fraction of sp³-hybridized carbons (Fsp3) is 0.250. The molecule has 0 bridgehead atoms. The van der Waals surface area contributed by atoms with Crippen LogP contribution in [0.4, 0.5) is 10.1 Å². The molecule has 0 saturated carbocycles. The van der Waals surface area contributed by atoms with Gasteiger partial charge in [-0.3, -0.25) is 4.79 Å². The van der Waals surface area contributed by atoms with Crippen molar-refractivity contribution >= 4 is 33.0 Å². The number of anilines is 1. The highest BCUT2D eigenvalue weighted by molar-refractivity contribution is 7.17. The number of rotatable bonds is 4. The zero-order valence-electron chi connectivity index (χ0n) is 14.3. The summed E-state index contributed by atoms with van der Waals surface area (Å²) in [7, 11) is 0. The predicted molar refractivity (Wildman–Crippen MR) is 104 cm³/mol. The summed E-state index contributed by atoms with van der Waals surface area (Å²) in [4.78, 5) is 14.6. The third kappa shape index (κ3) is 3.43. The van der Waals surface area contributed by atoms with Crippen molar-refractivity contribution in [1.29, 1.82) is 0 Å². The minimum atomic E-state index is -0.237. The van der Waals surface area contributed by atoms with Crippen LogP contribution in [0, 0.1) is 5.82 Å². The van der Waals surface area contributed by atoms with Gasteiger partial charge in [0.1, 0.15) is 5.82 Å². The maximum absolute atomic E-state index is 14.5. The summed E-state index contributed by atoms with van der Waals surface area (Å²) in [6, 6.07) is 12.9. The van der Waals surface area contributed by atoms with Gasteiger partial charge in [0, 0.05) is 37.4 Å². The average Bonchev–Trinajstić information content (AvgIpc) is 3.15. The first-order valence-electron chi connectivity index (χ1n) is 8.71. The van der Waals surface area contributed by atoms with E-state index in [-0.39, 0.29) is 11.7 Å². The van der Waals surface area contributed by atoms with E-state index in [1.54, 1.807) is 11.3 Å². The van der Waals surface area contributed by atoms with E-state index in [0.717, 1.165) is 41.8 Å². The average molecular weight is 369 g/mol. The normalized spacial score (nSPS) is 14.6. The predicted octanol–water partition coefficient (Wildman–Crippen LogP) is 3.38. The van der Waals surface area contributed by atoms with Crippen LogP contribution in [0.5, 0.6) is 0 Å². The number of benzene rings is 2. The van der Waals surface area contributed by atoms with Crippen molar-refractivity contribution in [2.75, 3.05) is 31.1 Å². The number of hydrogen-bond acceptors (Lipinski definition) is 4. The number of amides is 1. The van der Waals surface area contributed by atoms with E-state index in [9.17, 15) is 9.18 Å². The van der Waals surface area contributed by atoms with E-state index in [4.69, 9.17) is 0 Å². The van der Waals surface area contributed by atoms with Crippen LogP contribution in [0.3, 0.4) is 0 Å². The van der Waals surface area contributed by atoms with Crippen molar-refractivity contribution in [3.63, 3.8) is 0 Å². The van der Waals surface area contributed by atoms with Crippen molar-refractivity contribution in [3.05, 3.63) is 64.8 Å². The Morgan fingerprint density at radius 3 is 2.85 bits per heavy atom. The first-order chi connectivity index (χ1) is 12.7. The van der Waals surface area contributed by atoms with Crippen LogP contribution in [0.15, 0.2) is 47.8 Å². The van der Waals surface area contributed by atoms with Gasteiger partial charge in [-0.05, 0) is 40.6 Å². The molecule has 2 heterocycles. The van der Waals surface area contributed by atoms with Crippen molar-refractivity contribution in [1.82, 2.24) is 10.6 Å². The van der Waals surface area contributed by atoms with Crippen LogP contribution in [0.25, 0.3) is 10.1 Å². The van der Waals surface area contributed by atoms with Gasteiger partial charge in [-0.25, -0.2) is 4.39 Å². The van der Waals surface area contributed by atoms with Crippen molar-refractivity contribution < 1.29 is 9.18 Å². The second-order valence-electron chi connectivity index (χ2n) is 6.35. The number of piperazine rings is 1. The van der Waals surface area contributed by atoms with Gasteiger partial charge in [0.05, 0.1) is 11.3 Å². The molecule has 6 heteroatoms. The third-order valence-electron chi connectivity index (χ3n) is 4.65. The largest absolute Gasteiger partial charge is 0.367 e. The lowest BCUT2D eigenvalue weighted by Gasteiger charge is -2.29. The number of nitrogens with zero attached hydrogens (tertiary/aromatic N) is 1. The lowest BCUT2D eigenvalue weighted by atomic mass is 10.1. The molecular weight excluding hydrogens is 349 g/mol. The van der Waals surface area contributed by atoms with Crippen molar-refractivity contribution in [2.45, 2.75) is 6.54 Å². The molecule has 1 aliphatic rings. The molecule has 4 nitrogen and oxygen atoms in total. The number of halogens is 1. The Balaban J connectivity index is 1.45. The third-order valence-corrected chi connectivity index (χ3v) is 5.61. The van der Waals surface area contributed by atoms with Crippen LogP contribution in [-0.4, -0.2) is 32.1 Å². The Kier molecular flexibility index (Phi) is 4.86. The Morgan fingerprint density at radius 1 is 1.19 bits per heavy atom. The summed E-state index contributed by atoms with van der Waals surface area (Å²) in [6.07, 6.45) is 0. The van der Waals surface area contributed by atoms with Gasteiger partial charge in [0.2, 0.25) is 0 Å². The van der Waals surface area contributed by atoms with Crippen LogP contribution in [0.2, 0.25) is 0 Å². The summed E-state index contributed by atoms with van der Waals surface area (Å²) in [5, 5.41) is 9.21. The molecule has 3 aromatic rings. The maximum Gasteiger partial charge on any atom is 0.253 e. The van der Waals surface area contributed by atoms with E-state index in [0.29, 0.717) is 17.8 Å². The molecule has 4 rings (SSSR count). The Bertz CT molecular complexity index is 934.